The van der Waals surface area contributed by atoms with Gasteiger partial charge in [-0.15, -0.1) is 0 Å². The number of rotatable bonds is 2. The van der Waals surface area contributed by atoms with Gasteiger partial charge in [-0.25, -0.2) is 0 Å². The zero-order valence-corrected chi connectivity index (χ0v) is 10.9. The predicted molar refractivity (Wildman–Crippen MR) is 68.2 cm³/mol. The fraction of sp³-hybridized carbons (Fsp3) is 1.00. The van der Waals surface area contributed by atoms with Gasteiger partial charge < -0.3 is 10.1 Å². The lowest BCUT2D eigenvalue weighted by Gasteiger charge is -2.43. The van der Waals surface area contributed by atoms with Crippen molar-refractivity contribution in [3.63, 3.8) is 0 Å². The highest BCUT2D eigenvalue weighted by Gasteiger charge is 2.34. The third-order valence-corrected chi connectivity index (χ3v) is 4.69. The molecule has 0 bridgehead atoms. The van der Waals surface area contributed by atoms with E-state index in [1.165, 1.54) is 39.0 Å². The van der Waals surface area contributed by atoms with E-state index in [1.54, 1.807) is 0 Å². The molecule has 0 aliphatic carbocycles. The number of nitrogens with one attached hydrogen (secondary N) is 1. The van der Waals surface area contributed by atoms with E-state index >= 15 is 0 Å². The topological polar surface area (TPSA) is 27.7 Å². The Labute approximate surface area is 104 Å². The van der Waals surface area contributed by atoms with Crippen molar-refractivity contribution in [1.82, 2.24) is 15.1 Å². The Morgan fingerprint density at radius 1 is 1.29 bits per heavy atom. The summed E-state index contributed by atoms with van der Waals surface area (Å²) in [5.74, 6) is 0. The molecule has 17 heavy (non-hydrogen) atoms. The molecule has 3 aliphatic rings. The largest absolute Gasteiger partial charge is 0.374 e. The minimum Gasteiger partial charge on any atom is -0.374 e. The van der Waals surface area contributed by atoms with Gasteiger partial charge in [0.1, 0.15) is 0 Å². The molecule has 3 fully saturated rings. The molecular weight excluding hydrogens is 214 g/mol. The molecule has 0 radical (unpaired) electrons. The van der Waals surface area contributed by atoms with Crippen LogP contribution in [0.3, 0.4) is 0 Å². The van der Waals surface area contributed by atoms with E-state index in [2.05, 4.69) is 22.0 Å². The zero-order chi connectivity index (χ0) is 11.7. The maximum atomic E-state index is 5.89. The lowest BCUT2D eigenvalue weighted by atomic mass is 10.1. The second kappa shape index (κ2) is 5.22. The maximum absolute atomic E-state index is 5.89. The molecule has 1 N–H and O–H groups in total. The lowest BCUT2D eigenvalue weighted by molar-refractivity contribution is -0.0420. The maximum Gasteiger partial charge on any atom is 0.0852 e. The second-order valence-corrected chi connectivity index (χ2v) is 5.68. The molecule has 3 heterocycles. The summed E-state index contributed by atoms with van der Waals surface area (Å²) in [6, 6.07) is 1.38. The Hall–Kier alpha value is -0.160. The van der Waals surface area contributed by atoms with E-state index in [4.69, 9.17) is 4.74 Å². The quantitative estimate of drug-likeness (QED) is 0.742. The molecule has 3 aliphatic heterocycles. The smallest absolute Gasteiger partial charge is 0.0852 e. The van der Waals surface area contributed by atoms with Crippen molar-refractivity contribution in [3.8, 4) is 0 Å². The third kappa shape index (κ3) is 2.50. The van der Waals surface area contributed by atoms with Crippen LogP contribution >= 0.6 is 0 Å². The van der Waals surface area contributed by atoms with Crippen LogP contribution in [0.1, 0.15) is 19.8 Å². The molecule has 0 aromatic carbocycles. The van der Waals surface area contributed by atoms with Crippen LogP contribution in [-0.2, 0) is 4.74 Å². The summed E-state index contributed by atoms with van der Waals surface area (Å²) in [6.07, 6.45) is 3.18. The van der Waals surface area contributed by atoms with Gasteiger partial charge in [0.2, 0.25) is 0 Å². The van der Waals surface area contributed by atoms with Gasteiger partial charge in [0.25, 0.3) is 0 Å². The Balaban J connectivity index is 1.56. The molecule has 0 aromatic rings. The molecular formula is C13H25N3O. The van der Waals surface area contributed by atoms with E-state index in [1.807, 2.05) is 0 Å². The first-order chi connectivity index (χ1) is 8.34. The molecule has 0 saturated carbocycles. The van der Waals surface area contributed by atoms with Crippen LogP contribution in [0.4, 0.5) is 0 Å². The highest BCUT2D eigenvalue weighted by Crippen LogP contribution is 2.23. The summed E-state index contributed by atoms with van der Waals surface area (Å²) >= 11 is 0. The van der Waals surface area contributed by atoms with Crippen molar-refractivity contribution in [3.05, 3.63) is 0 Å². The van der Waals surface area contributed by atoms with Crippen molar-refractivity contribution in [2.24, 2.45) is 0 Å². The molecule has 98 valence electrons. The number of nitrogens with zero attached hydrogens (tertiary/aromatic N) is 2. The fourth-order valence-electron chi connectivity index (χ4n) is 3.52. The first-order valence-corrected chi connectivity index (χ1v) is 7.15. The SMILES string of the molecule is CC(C1CNCCO1)N1CCN2CCCC2C1. The molecule has 4 heteroatoms. The number of hydrogen-bond acceptors (Lipinski definition) is 4. The summed E-state index contributed by atoms with van der Waals surface area (Å²) < 4.78 is 5.89. The number of morpholine rings is 1. The number of fused-ring (bicyclic) bond motifs is 1. The van der Waals surface area contributed by atoms with E-state index in [-0.39, 0.29) is 0 Å². The fourth-order valence-corrected chi connectivity index (χ4v) is 3.52. The standard InChI is InChI=1S/C13H25N3O/c1-11(13-9-14-4-8-17-13)16-7-6-15-5-2-3-12(15)10-16/h11-14H,2-10H2,1H3. The average molecular weight is 239 g/mol. The zero-order valence-electron chi connectivity index (χ0n) is 10.9. The minimum atomic E-state index is 0.386. The van der Waals surface area contributed by atoms with Crippen LogP contribution in [-0.4, -0.2) is 73.9 Å². The van der Waals surface area contributed by atoms with Crippen molar-refractivity contribution >= 4 is 0 Å². The Kier molecular flexibility index (Phi) is 3.66. The Morgan fingerprint density at radius 2 is 2.24 bits per heavy atom. The molecule has 4 nitrogen and oxygen atoms in total. The van der Waals surface area contributed by atoms with Gasteiger partial charge in [0.15, 0.2) is 0 Å². The normalized spacial score (nSPS) is 37.9. The number of ether oxygens (including phenoxy) is 1. The highest BCUT2D eigenvalue weighted by molar-refractivity contribution is 4.91. The lowest BCUT2D eigenvalue weighted by Crippen LogP contribution is -2.58. The van der Waals surface area contributed by atoms with E-state index in [9.17, 15) is 0 Å². The molecule has 3 unspecified atom stereocenters. The van der Waals surface area contributed by atoms with Crippen LogP contribution in [0.5, 0.6) is 0 Å². The summed E-state index contributed by atoms with van der Waals surface area (Å²) in [6.45, 7) is 10.3. The van der Waals surface area contributed by atoms with E-state index in [0.29, 0.717) is 12.1 Å². The van der Waals surface area contributed by atoms with Crippen LogP contribution in [0, 0.1) is 0 Å². The van der Waals surface area contributed by atoms with Crippen molar-refractivity contribution in [1.29, 1.82) is 0 Å². The van der Waals surface area contributed by atoms with Gasteiger partial charge in [-0.05, 0) is 26.3 Å². The van der Waals surface area contributed by atoms with Gasteiger partial charge in [0, 0.05) is 44.8 Å². The predicted octanol–water partition coefficient (Wildman–Crippen LogP) is 0.143. The summed E-state index contributed by atoms with van der Waals surface area (Å²) in [7, 11) is 0. The molecule has 0 amide bonds. The minimum absolute atomic E-state index is 0.386. The second-order valence-electron chi connectivity index (χ2n) is 5.68. The molecule has 0 aromatic heterocycles. The Bertz CT molecular complexity index is 255. The van der Waals surface area contributed by atoms with Crippen molar-refractivity contribution in [2.75, 3.05) is 45.9 Å². The van der Waals surface area contributed by atoms with Crippen LogP contribution in [0.15, 0.2) is 0 Å². The third-order valence-electron chi connectivity index (χ3n) is 4.69. The number of piperazine rings is 1. The Morgan fingerprint density at radius 3 is 3.06 bits per heavy atom. The monoisotopic (exact) mass is 239 g/mol. The van der Waals surface area contributed by atoms with Gasteiger partial charge >= 0.3 is 0 Å². The number of hydrogen-bond donors (Lipinski definition) is 1. The van der Waals surface area contributed by atoms with E-state index < -0.39 is 0 Å². The van der Waals surface area contributed by atoms with E-state index in [0.717, 1.165) is 25.7 Å². The molecule has 3 atom stereocenters. The van der Waals surface area contributed by atoms with Gasteiger partial charge in [0.05, 0.1) is 12.7 Å². The summed E-state index contributed by atoms with van der Waals surface area (Å²) in [5, 5.41) is 3.44. The average Bonchev–Trinajstić information content (AvgIpc) is 2.86. The first kappa shape index (κ1) is 11.9. The van der Waals surface area contributed by atoms with Gasteiger partial charge in [-0.1, -0.05) is 0 Å². The molecule has 0 spiro atoms. The van der Waals surface area contributed by atoms with Crippen LogP contribution in [0.2, 0.25) is 0 Å². The van der Waals surface area contributed by atoms with Crippen molar-refractivity contribution < 1.29 is 4.74 Å². The summed E-state index contributed by atoms with van der Waals surface area (Å²) in [5.41, 5.74) is 0. The van der Waals surface area contributed by atoms with Gasteiger partial charge in [-0.3, -0.25) is 9.80 Å². The summed E-state index contributed by atoms with van der Waals surface area (Å²) in [4.78, 5) is 5.31. The van der Waals surface area contributed by atoms with Crippen LogP contribution < -0.4 is 5.32 Å². The first-order valence-electron chi connectivity index (χ1n) is 7.15. The molecule has 3 saturated heterocycles. The molecule has 3 rings (SSSR count). The van der Waals surface area contributed by atoms with Crippen molar-refractivity contribution in [2.45, 2.75) is 38.0 Å². The van der Waals surface area contributed by atoms with Gasteiger partial charge in [-0.2, -0.15) is 0 Å². The highest BCUT2D eigenvalue weighted by atomic mass is 16.5. The van der Waals surface area contributed by atoms with Crippen LogP contribution in [0.25, 0.3) is 0 Å².